The predicted octanol–water partition coefficient (Wildman–Crippen LogP) is 2.36. The maximum absolute atomic E-state index is 5.27. The van der Waals surface area contributed by atoms with E-state index in [1.54, 1.807) is 0 Å². The van der Waals surface area contributed by atoms with Gasteiger partial charge in [0.05, 0.1) is 6.10 Å². The summed E-state index contributed by atoms with van der Waals surface area (Å²) in [6, 6.07) is 0. The Morgan fingerprint density at radius 3 is 2.30 bits per heavy atom. The lowest BCUT2D eigenvalue weighted by Crippen LogP contribution is -2.39. The molecule has 2 aliphatic rings. The first-order chi connectivity index (χ1) is 4.85. The van der Waals surface area contributed by atoms with Gasteiger partial charge in [-0.25, -0.2) is 0 Å². The molecule has 0 heterocycles. The fourth-order valence-electron chi connectivity index (χ4n) is 2.61. The number of hydrogen-bond acceptors (Lipinski definition) is 1. The van der Waals surface area contributed by atoms with E-state index in [2.05, 4.69) is 0 Å². The van der Waals surface area contributed by atoms with Gasteiger partial charge >= 0.3 is 0 Å². The summed E-state index contributed by atoms with van der Waals surface area (Å²) in [5.41, 5.74) is 0.765. The zero-order valence-electron chi connectivity index (χ0n) is 6.73. The lowest BCUT2D eigenvalue weighted by Gasteiger charge is -2.44. The summed E-state index contributed by atoms with van der Waals surface area (Å²) in [7, 11) is 1.84. The molecule has 0 amide bonds. The minimum Gasteiger partial charge on any atom is -0.381 e. The summed E-state index contributed by atoms with van der Waals surface area (Å²) in [6.45, 7) is 0. The lowest BCUT2D eigenvalue weighted by atomic mass is 9.66. The molecular weight excluding hydrogens is 124 g/mol. The van der Waals surface area contributed by atoms with Crippen LogP contribution in [0.4, 0.5) is 0 Å². The first-order valence-corrected chi connectivity index (χ1v) is 4.37. The van der Waals surface area contributed by atoms with Crippen LogP contribution in [0.15, 0.2) is 0 Å². The Hall–Kier alpha value is -0.0400. The average Bonchev–Trinajstić information content (AvgIpc) is 2.30. The van der Waals surface area contributed by atoms with Gasteiger partial charge in [-0.05, 0) is 31.1 Å². The molecule has 1 heteroatoms. The van der Waals surface area contributed by atoms with Crippen LogP contribution in [-0.2, 0) is 4.74 Å². The largest absolute Gasteiger partial charge is 0.381 e. The van der Waals surface area contributed by atoms with E-state index in [1.807, 2.05) is 7.11 Å². The van der Waals surface area contributed by atoms with E-state index >= 15 is 0 Å². The minimum atomic E-state index is 0.609. The molecule has 2 aliphatic carbocycles. The molecule has 0 atom stereocenters. The van der Waals surface area contributed by atoms with Crippen LogP contribution < -0.4 is 0 Å². The molecular formula is C9H16O. The molecule has 0 saturated heterocycles. The van der Waals surface area contributed by atoms with Crippen molar-refractivity contribution in [1.82, 2.24) is 0 Å². The summed E-state index contributed by atoms with van der Waals surface area (Å²) in [6.07, 6.45) is 9.21. The van der Waals surface area contributed by atoms with Crippen LogP contribution >= 0.6 is 0 Å². The SMILES string of the molecule is COC1CC2(CCCC2)C1. The normalized spacial score (nSPS) is 30.9. The highest BCUT2D eigenvalue weighted by Crippen LogP contribution is 2.53. The van der Waals surface area contributed by atoms with Gasteiger partial charge in [0.1, 0.15) is 0 Å². The van der Waals surface area contributed by atoms with Crippen molar-refractivity contribution >= 4 is 0 Å². The second-order valence-corrected chi connectivity index (χ2v) is 3.97. The maximum atomic E-state index is 5.27. The van der Waals surface area contributed by atoms with Crippen molar-refractivity contribution in [3.05, 3.63) is 0 Å². The summed E-state index contributed by atoms with van der Waals surface area (Å²) < 4.78 is 5.27. The van der Waals surface area contributed by atoms with E-state index in [-0.39, 0.29) is 0 Å². The molecule has 10 heavy (non-hydrogen) atoms. The van der Waals surface area contributed by atoms with E-state index in [1.165, 1.54) is 38.5 Å². The molecule has 0 N–H and O–H groups in total. The fourth-order valence-corrected chi connectivity index (χ4v) is 2.61. The highest BCUT2D eigenvalue weighted by atomic mass is 16.5. The smallest absolute Gasteiger partial charge is 0.0582 e. The third-order valence-corrected chi connectivity index (χ3v) is 3.32. The van der Waals surface area contributed by atoms with Crippen LogP contribution in [0.1, 0.15) is 38.5 Å². The second kappa shape index (κ2) is 2.23. The molecule has 0 aliphatic heterocycles. The summed E-state index contributed by atoms with van der Waals surface area (Å²) in [5, 5.41) is 0. The first-order valence-electron chi connectivity index (χ1n) is 4.37. The Morgan fingerprint density at radius 2 is 1.80 bits per heavy atom. The first kappa shape index (κ1) is 6.66. The maximum Gasteiger partial charge on any atom is 0.0582 e. The van der Waals surface area contributed by atoms with Gasteiger partial charge in [-0.15, -0.1) is 0 Å². The molecule has 58 valence electrons. The van der Waals surface area contributed by atoms with Gasteiger partial charge in [-0.1, -0.05) is 12.8 Å². The van der Waals surface area contributed by atoms with Crippen molar-refractivity contribution in [2.24, 2.45) is 5.41 Å². The monoisotopic (exact) mass is 140 g/mol. The van der Waals surface area contributed by atoms with Gasteiger partial charge in [0.25, 0.3) is 0 Å². The van der Waals surface area contributed by atoms with Crippen molar-refractivity contribution < 1.29 is 4.74 Å². The molecule has 0 unspecified atom stereocenters. The van der Waals surface area contributed by atoms with Crippen molar-refractivity contribution in [3.8, 4) is 0 Å². The zero-order valence-corrected chi connectivity index (χ0v) is 6.73. The quantitative estimate of drug-likeness (QED) is 0.543. The zero-order chi connectivity index (χ0) is 7.03. The van der Waals surface area contributed by atoms with E-state index in [0.717, 1.165) is 5.41 Å². The van der Waals surface area contributed by atoms with Gasteiger partial charge < -0.3 is 4.74 Å². The third-order valence-electron chi connectivity index (χ3n) is 3.32. The average molecular weight is 140 g/mol. The van der Waals surface area contributed by atoms with Crippen LogP contribution in [0.5, 0.6) is 0 Å². The Labute approximate surface area is 62.8 Å². The van der Waals surface area contributed by atoms with Crippen molar-refractivity contribution in [2.45, 2.75) is 44.6 Å². The van der Waals surface area contributed by atoms with Gasteiger partial charge in [-0.3, -0.25) is 0 Å². The molecule has 0 radical (unpaired) electrons. The van der Waals surface area contributed by atoms with E-state index in [0.29, 0.717) is 6.10 Å². The molecule has 2 rings (SSSR count). The second-order valence-electron chi connectivity index (χ2n) is 3.97. The van der Waals surface area contributed by atoms with Crippen LogP contribution in [-0.4, -0.2) is 13.2 Å². The Bertz CT molecular complexity index is 117. The van der Waals surface area contributed by atoms with Crippen LogP contribution in [0.2, 0.25) is 0 Å². The van der Waals surface area contributed by atoms with Gasteiger partial charge in [-0.2, -0.15) is 0 Å². The topological polar surface area (TPSA) is 9.23 Å². The van der Waals surface area contributed by atoms with E-state index in [4.69, 9.17) is 4.74 Å². The molecule has 1 nitrogen and oxygen atoms in total. The molecule has 1 spiro atoms. The Morgan fingerprint density at radius 1 is 1.20 bits per heavy atom. The minimum absolute atomic E-state index is 0.609. The number of methoxy groups -OCH3 is 1. The summed E-state index contributed by atoms with van der Waals surface area (Å²) in [5.74, 6) is 0. The van der Waals surface area contributed by atoms with Crippen molar-refractivity contribution in [3.63, 3.8) is 0 Å². The summed E-state index contributed by atoms with van der Waals surface area (Å²) in [4.78, 5) is 0. The van der Waals surface area contributed by atoms with Crippen molar-refractivity contribution in [1.29, 1.82) is 0 Å². The van der Waals surface area contributed by atoms with Gasteiger partial charge in [0, 0.05) is 7.11 Å². The summed E-state index contributed by atoms with van der Waals surface area (Å²) >= 11 is 0. The van der Waals surface area contributed by atoms with E-state index < -0.39 is 0 Å². The standard InChI is InChI=1S/C9H16O/c1-10-8-6-9(7-8)4-2-3-5-9/h8H,2-7H2,1H3. The lowest BCUT2D eigenvalue weighted by molar-refractivity contribution is -0.0556. The van der Waals surface area contributed by atoms with Crippen LogP contribution in [0.25, 0.3) is 0 Å². The Balaban J connectivity index is 1.86. The molecule has 2 saturated carbocycles. The highest BCUT2D eigenvalue weighted by Gasteiger charge is 2.45. The fraction of sp³-hybridized carbons (Fsp3) is 1.00. The number of rotatable bonds is 1. The van der Waals surface area contributed by atoms with Crippen LogP contribution in [0.3, 0.4) is 0 Å². The van der Waals surface area contributed by atoms with Crippen molar-refractivity contribution in [2.75, 3.05) is 7.11 Å². The Kier molecular flexibility index (Phi) is 1.48. The number of hydrogen-bond donors (Lipinski definition) is 0. The van der Waals surface area contributed by atoms with Gasteiger partial charge in [0.15, 0.2) is 0 Å². The number of ether oxygens (including phenoxy) is 1. The molecule has 0 aromatic carbocycles. The van der Waals surface area contributed by atoms with E-state index in [9.17, 15) is 0 Å². The highest BCUT2D eigenvalue weighted by molar-refractivity contribution is 4.97. The van der Waals surface area contributed by atoms with Crippen LogP contribution in [0, 0.1) is 5.41 Å². The molecule has 0 aromatic rings. The predicted molar refractivity (Wildman–Crippen MR) is 40.9 cm³/mol. The molecule has 0 aromatic heterocycles. The molecule has 0 bridgehead atoms. The van der Waals surface area contributed by atoms with Gasteiger partial charge in [0.2, 0.25) is 0 Å². The third kappa shape index (κ3) is 0.878. The molecule has 2 fully saturated rings.